The van der Waals surface area contributed by atoms with Crippen molar-refractivity contribution in [3.05, 3.63) is 0 Å². The second-order valence-corrected chi connectivity index (χ2v) is 6.63. The fraction of sp³-hybridized carbons (Fsp3) is 0.786. The summed E-state index contributed by atoms with van der Waals surface area (Å²) < 4.78 is 0. The smallest absolute Gasteiger partial charge is 0.326 e. The summed E-state index contributed by atoms with van der Waals surface area (Å²) in [6.45, 7) is 0.607. The Labute approximate surface area is 128 Å². The fourth-order valence-electron chi connectivity index (χ4n) is 2.63. The van der Waals surface area contributed by atoms with Crippen LogP contribution in [0.1, 0.15) is 32.1 Å². The first kappa shape index (κ1) is 16.1. The highest BCUT2D eigenvalue weighted by atomic mass is 32.2. The van der Waals surface area contributed by atoms with Gasteiger partial charge in [-0.05, 0) is 44.1 Å². The van der Waals surface area contributed by atoms with Crippen molar-refractivity contribution in [1.82, 2.24) is 10.2 Å². The lowest BCUT2D eigenvalue weighted by molar-refractivity contribution is -0.144. The van der Waals surface area contributed by atoms with Gasteiger partial charge in [-0.15, -0.1) is 0 Å². The molecule has 0 aromatic carbocycles. The average Bonchev–Trinajstić information content (AvgIpc) is 3.18. The minimum absolute atomic E-state index is 0.0589. The molecular weight excluding hydrogens is 292 g/mol. The Bertz CT molecular complexity index is 425. The highest BCUT2D eigenvalue weighted by Gasteiger charge is 2.41. The molecule has 2 fully saturated rings. The summed E-state index contributed by atoms with van der Waals surface area (Å²) in [7, 11) is 0. The van der Waals surface area contributed by atoms with Crippen molar-refractivity contribution in [2.75, 3.05) is 18.6 Å². The second-order valence-electron chi connectivity index (χ2n) is 5.64. The Morgan fingerprint density at radius 1 is 1.33 bits per heavy atom. The Hall–Kier alpha value is -1.24. The molecule has 21 heavy (non-hydrogen) atoms. The van der Waals surface area contributed by atoms with Crippen LogP contribution in [0.25, 0.3) is 0 Å². The van der Waals surface area contributed by atoms with Crippen LogP contribution in [0, 0.1) is 5.92 Å². The van der Waals surface area contributed by atoms with Gasteiger partial charge in [0.2, 0.25) is 11.8 Å². The number of nitrogens with one attached hydrogen (secondary N) is 1. The molecule has 0 aromatic rings. The van der Waals surface area contributed by atoms with Crippen LogP contribution in [0.3, 0.4) is 0 Å². The first-order valence-electron chi connectivity index (χ1n) is 7.37. The van der Waals surface area contributed by atoms with Crippen molar-refractivity contribution < 1.29 is 19.5 Å². The fourth-order valence-corrected chi connectivity index (χ4v) is 3.10. The van der Waals surface area contributed by atoms with Gasteiger partial charge in [0, 0.05) is 12.5 Å². The molecule has 1 saturated carbocycles. The molecule has 1 saturated heterocycles. The van der Waals surface area contributed by atoms with Gasteiger partial charge in [-0.1, -0.05) is 0 Å². The maximum absolute atomic E-state index is 12.3. The molecule has 1 heterocycles. The molecule has 2 N–H and O–H groups in total. The van der Waals surface area contributed by atoms with Gasteiger partial charge >= 0.3 is 5.97 Å². The summed E-state index contributed by atoms with van der Waals surface area (Å²) in [4.78, 5) is 37.3. The molecule has 2 aliphatic rings. The number of carbonyl (C=O) groups is 3. The third-order valence-corrected chi connectivity index (χ3v) is 4.63. The Morgan fingerprint density at radius 3 is 2.62 bits per heavy atom. The van der Waals surface area contributed by atoms with Gasteiger partial charge in [0.15, 0.2) is 0 Å². The Kier molecular flexibility index (Phi) is 5.50. The Balaban J connectivity index is 1.93. The van der Waals surface area contributed by atoms with Gasteiger partial charge in [-0.2, -0.15) is 11.8 Å². The van der Waals surface area contributed by atoms with Gasteiger partial charge in [0.05, 0.1) is 0 Å². The third kappa shape index (κ3) is 4.12. The number of likely N-dealkylation sites (tertiary alicyclic amines) is 1. The monoisotopic (exact) mass is 314 g/mol. The number of nitrogens with zero attached hydrogens (tertiary/aromatic N) is 1. The number of hydrogen-bond donors (Lipinski definition) is 2. The summed E-state index contributed by atoms with van der Waals surface area (Å²) >= 11 is 1.55. The van der Waals surface area contributed by atoms with Crippen molar-refractivity contribution in [1.29, 1.82) is 0 Å². The number of rotatable bonds is 7. The lowest BCUT2D eigenvalue weighted by Crippen LogP contribution is -2.51. The Morgan fingerprint density at radius 2 is 2.05 bits per heavy atom. The number of carbonyl (C=O) groups excluding carboxylic acids is 2. The number of aliphatic carboxylic acids is 1. The van der Waals surface area contributed by atoms with Crippen molar-refractivity contribution in [2.24, 2.45) is 5.92 Å². The molecular formula is C14H22N2O4S. The van der Waals surface area contributed by atoms with Crippen molar-refractivity contribution in [3.8, 4) is 0 Å². The van der Waals surface area contributed by atoms with E-state index in [2.05, 4.69) is 5.32 Å². The van der Waals surface area contributed by atoms with E-state index in [1.807, 2.05) is 6.26 Å². The SMILES string of the molecule is CSCCC(NC(=O)C1CCCN1C(=O)C1CC1)C(=O)O. The molecule has 0 spiro atoms. The molecule has 0 aromatic heterocycles. The van der Waals surface area contributed by atoms with E-state index in [1.54, 1.807) is 16.7 Å². The zero-order chi connectivity index (χ0) is 15.4. The summed E-state index contributed by atoms with van der Waals surface area (Å²) in [5, 5.41) is 11.8. The summed E-state index contributed by atoms with van der Waals surface area (Å²) in [6, 6.07) is -1.36. The van der Waals surface area contributed by atoms with Crippen LogP contribution in [-0.2, 0) is 14.4 Å². The van der Waals surface area contributed by atoms with E-state index in [4.69, 9.17) is 5.11 Å². The lowest BCUT2D eigenvalue weighted by Gasteiger charge is -2.25. The van der Waals surface area contributed by atoms with Gasteiger partial charge in [-0.3, -0.25) is 9.59 Å². The second kappa shape index (κ2) is 7.15. The van der Waals surface area contributed by atoms with E-state index in [9.17, 15) is 14.4 Å². The van der Waals surface area contributed by atoms with Gasteiger partial charge < -0.3 is 15.3 Å². The van der Waals surface area contributed by atoms with Crippen LogP contribution in [0.2, 0.25) is 0 Å². The van der Waals surface area contributed by atoms with Crippen LogP contribution in [0.5, 0.6) is 0 Å². The molecule has 0 radical (unpaired) electrons. The van der Waals surface area contributed by atoms with E-state index in [0.717, 1.165) is 19.3 Å². The molecule has 6 nitrogen and oxygen atoms in total. The van der Waals surface area contributed by atoms with Crippen LogP contribution >= 0.6 is 11.8 Å². The zero-order valence-corrected chi connectivity index (χ0v) is 13.0. The quantitative estimate of drug-likeness (QED) is 0.723. The van der Waals surface area contributed by atoms with Crippen molar-refractivity contribution in [3.63, 3.8) is 0 Å². The predicted octanol–water partition coefficient (Wildman–Crippen LogP) is 0.710. The van der Waals surface area contributed by atoms with E-state index in [1.165, 1.54) is 0 Å². The highest BCUT2D eigenvalue weighted by Crippen LogP contribution is 2.33. The predicted molar refractivity (Wildman–Crippen MR) is 80.0 cm³/mol. The molecule has 2 atom stereocenters. The molecule has 2 unspecified atom stereocenters. The topological polar surface area (TPSA) is 86.7 Å². The first-order chi connectivity index (χ1) is 10.0. The zero-order valence-electron chi connectivity index (χ0n) is 12.2. The lowest BCUT2D eigenvalue weighted by atomic mass is 10.1. The number of carboxylic acids is 1. The first-order valence-corrected chi connectivity index (χ1v) is 8.76. The molecule has 2 rings (SSSR count). The van der Waals surface area contributed by atoms with Gasteiger partial charge in [0.25, 0.3) is 0 Å². The van der Waals surface area contributed by atoms with E-state index >= 15 is 0 Å². The molecule has 1 aliphatic heterocycles. The number of hydrogen-bond acceptors (Lipinski definition) is 4. The average molecular weight is 314 g/mol. The van der Waals surface area contributed by atoms with E-state index < -0.39 is 18.1 Å². The van der Waals surface area contributed by atoms with Crippen molar-refractivity contribution in [2.45, 2.75) is 44.2 Å². The number of carboxylic acid groups (broad SMARTS) is 1. The van der Waals surface area contributed by atoms with Gasteiger partial charge in [0.1, 0.15) is 12.1 Å². The number of thioether (sulfide) groups is 1. The summed E-state index contributed by atoms with van der Waals surface area (Å²) in [6.07, 6.45) is 5.54. The van der Waals surface area contributed by atoms with Gasteiger partial charge in [-0.25, -0.2) is 4.79 Å². The van der Waals surface area contributed by atoms with Crippen LogP contribution in [0.15, 0.2) is 0 Å². The maximum Gasteiger partial charge on any atom is 0.326 e. The third-order valence-electron chi connectivity index (χ3n) is 3.99. The summed E-state index contributed by atoms with van der Waals surface area (Å²) in [5.41, 5.74) is 0. The largest absolute Gasteiger partial charge is 0.480 e. The molecule has 7 heteroatoms. The highest BCUT2D eigenvalue weighted by molar-refractivity contribution is 7.98. The normalized spacial score (nSPS) is 22.9. The number of amides is 2. The van der Waals surface area contributed by atoms with E-state index in [0.29, 0.717) is 25.1 Å². The molecule has 118 valence electrons. The van der Waals surface area contributed by atoms with Crippen LogP contribution in [0.4, 0.5) is 0 Å². The van der Waals surface area contributed by atoms with Crippen LogP contribution in [-0.4, -0.2) is 58.4 Å². The van der Waals surface area contributed by atoms with Crippen molar-refractivity contribution >= 4 is 29.5 Å². The minimum Gasteiger partial charge on any atom is -0.480 e. The summed E-state index contributed by atoms with van der Waals surface area (Å²) in [5.74, 6) is -0.522. The minimum atomic E-state index is -1.02. The molecule has 1 aliphatic carbocycles. The maximum atomic E-state index is 12.3. The van der Waals surface area contributed by atoms with E-state index in [-0.39, 0.29) is 17.7 Å². The molecule has 2 amide bonds. The molecule has 0 bridgehead atoms. The standard InChI is InChI=1S/C14H22N2O4S/c1-21-8-6-10(14(19)20)15-12(17)11-3-2-7-16(11)13(18)9-4-5-9/h9-11H,2-8H2,1H3,(H,15,17)(H,19,20). The van der Waals surface area contributed by atoms with Crippen LogP contribution < -0.4 is 5.32 Å².